The highest BCUT2D eigenvalue weighted by molar-refractivity contribution is 5.80. The SMILES string of the molecule is CCN(CCC(O)O)C(=O)C1CC2C=CC1C2. The predicted molar refractivity (Wildman–Crippen MR) is 63.9 cm³/mol. The lowest BCUT2D eigenvalue weighted by Crippen LogP contribution is -2.39. The van der Waals surface area contributed by atoms with Gasteiger partial charge in [-0.25, -0.2) is 0 Å². The molecule has 17 heavy (non-hydrogen) atoms. The Hall–Kier alpha value is -0.870. The molecular weight excluding hydrogens is 218 g/mol. The number of aliphatic hydroxyl groups excluding tert-OH is 1. The number of aliphatic hydroxyl groups is 2. The molecule has 2 rings (SSSR count). The number of rotatable bonds is 5. The predicted octanol–water partition coefficient (Wildman–Crippen LogP) is 0.748. The molecule has 3 unspecified atom stereocenters. The summed E-state index contributed by atoms with van der Waals surface area (Å²) >= 11 is 0. The van der Waals surface area contributed by atoms with Crippen LogP contribution in [0, 0.1) is 17.8 Å². The molecule has 0 aromatic rings. The van der Waals surface area contributed by atoms with Crippen LogP contribution in [0.3, 0.4) is 0 Å². The van der Waals surface area contributed by atoms with E-state index in [9.17, 15) is 4.79 Å². The van der Waals surface area contributed by atoms with Gasteiger partial charge in [0.15, 0.2) is 6.29 Å². The van der Waals surface area contributed by atoms with Gasteiger partial charge in [0.1, 0.15) is 0 Å². The maximum atomic E-state index is 12.3. The fourth-order valence-corrected chi connectivity index (χ4v) is 2.99. The molecule has 3 atom stereocenters. The molecule has 0 saturated heterocycles. The molecular formula is C13H21NO3. The Morgan fingerprint density at radius 1 is 1.41 bits per heavy atom. The van der Waals surface area contributed by atoms with Gasteiger partial charge in [-0.3, -0.25) is 4.79 Å². The minimum Gasteiger partial charge on any atom is -0.368 e. The first-order chi connectivity index (χ1) is 8.11. The first kappa shape index (κ1) is 12.6. The molecule has 2 N–H and O–H groups in total. The molecule has 0 heterocycles. The average Bonchev–Trinajstić information content (AvgIpc) is 2.90. The zero-order chi connectivity index (χ0) is 12.4. The van der Waals surface area contributed by atoms with Crippen LogP contribution in [0.25, 0.3) is 0 Å². The van der Waals surface area contributed by atoms with Crippen LogP contribution in [0.4, 0.5) is 0 Å². The van der Waals surface area contributed by atoms with Gasteiger partial charge in [0.25, 0.3) is 0 Å². The number of carbonyl (C=O) groups is 1. The van der Waals surface area contributed by atoms with E-state index in [2.05, 4.69) is 12.2 Å². The van der Waals surface area contributed by atoms with Crippen LogP contribution >= 0.6 is 0 Å². The second kappa shape index (κ2) is 5.19. The molecule has 0 aromatic carbocycles. The van der Waals surface area contributed by atoms with Crippen LogP contribution in [-0.2, 0) is 4.79 Å². The normalized spacial score (nSPS) is 30.2. The quantitative estimate of drug-likeness (QED) is 0.550. The van der Waals surface area contributed by atoms with Crippen molar-refractivity contribution in [3.8, 4) is 0 Å². The van der Waals surface area contributed by atoms with Crippen LogP contribution in [0.15, 0.2) is 12.2 Å². The standard InChI is InChI=1S/C13H21NO3/c1-2-14(6-5-12(15)16)13(17)11-8-9-3-4-10(11)7-9/h3-4,9-12,15-16H,2,5-8H2,1H3. The van der Waals surface area contributed by atoms with E-state index < -0.39 is 6.29 Å². The zero-order valence-corrected chi connectivity index (χ0v) is 10.2. The Balaban J connectivity index is 1.91. The summed E-state index contributed by atoms with van der Waals surface area (Å²) in [6.45, 7) is 3.01. The summed E-state index contributed by atoms with van der Waals surface area (Å²) in [5, 5.41) is 17.7. The largest absolute Gasteiger partial charge is 0.368 e. The first-order valence-electron chi connectivity index (χ1n) is 6.45. The second-order valence-corrected chi connectivity index (χ2v) is 5.07. The molecule has 0 aromatic heterocycles. The summed E-state index contributed by atoms with van der Waals surface area (Å²) in [7, 11) is 0. The molecule has 1 fully saturated rings. The van der Waals surface area contributed by atoms with E-state index in [1.54, 1.807) is 4.90 Å². The topological polar surface area (TPSA) is 60.8 Å². The van der Waals surface area contributed by atoms with Crippen molar-refractivity contribution >= 4 is 5.91 Å². The molecule has 4 heteroatoms. The lowest BCUT2D eigenvalue weighted by Gasteiger charge is -2.27. The van der Waals surface area contributed by atoms with Crippen molar-refractivity contribution in [1.82, 2.24) is 4.90 Å². The molecule has 1 amide bonds. The minimum absolute atomic E-state index is 0.126. The van der Waals surface area contributed by atoms with Gasteiger partial charge >= 0.3 is 0 Å². The highest BCUT2D eigenvalue weighted by Crippen LogP contribution is 2.44. The Morgan fingerprint density at radius 2 is 2.18 bits per heavy atom. The maximum absolute atomic E-state index is 12.3. The average molecular weight is 239 g/mol. The molecule has 1 saturated carbocycles. The summed E-state index contributed by atoms with van der Waals surface area (Å²) < 4.78 is 0. The number of amides is 1. The molecule has 0 spiro atoms. The monoisotopic (exact) mass is 239 g/mol. The molecule has 0 radical (unpaired) electrons. The maximum Gasteiger partial charge on any atom is 0.226 e. The van der Waals surface area contributed by atoms with Gasteiger partial charge in [-0.1, -0.05) is 12.2 Å². The van der Waals surface area contributed by atoms with Crippen LogP contribution < -0.4 is 0 Å². The molecule has 0 aliphatic heterocycles. The lowest BCUT2D eigenvalue weighted by molar-refractivity contribution is -0.137. The zero-order valence-electron chi connectivity index (χ0n) is 10.2. The van der Waals surface area contributed by atoms with E-state index >= 15 is 0 Å². The molecule has 96 valence electrons. The van der Waals surface area contributed by atoms with Gasteiger partial charge in [0, 0.05) is 25.4 Å². The van der Waals surface area contributed by atoms with Crippen LogP contribution in [0.1, 0.15) is 26.2 Å². The van der Waals surface area contributed by atoms with Gasteiger partial charge in [0.2, 0.25) is 5.91 Å². The summed E-state index contributed by atoms with van der Waals surface area (Å²) in [6, 6.07) is 0. The Bertz CT molecular complexity index is 314. The highest BCUT2D eigenvalue weighted by atomic mass is 16.5. The molecule has 2 aliphatic carbocycles. The van der Waals surface area contributed by atoms with E-state index in [0.717, 1.165) is 12.8 Å². The summed E-state index contributed by atoms with van der Waals surface area (Å²) in [6.07, 6.45) is 5.40. The first-order valence-corrected chi connectivity index (χ1v) is 6.45. The Morgan fingerprint density at radius 3 is 2.65 bits per heavy atom. The van der Waals surface area contributed by atoms with Gasteiger partial charge in [-0.2, -0.15) is 0 Å². The summed E-state index contributed by atoms with van der Waals surface area (Å²) in [5.41, 5.74) is 0. The summed E-state index contributed by atoms with van der Waals surface area (Å²) in [5.74, 6) is 1.32. The minimum atomic E-state index is -1.32. The van der Waals surface area contributed by atoms with Crippen LogP contribution in [0.2, 0.25) is 0 Å². The lowest BCUT2D eigenvalue weighted by atomic mass is 9.92. The van der Waals surface area contributed by atoms with Crippen molar-refractivity contribution in [1.29, 1.82) is 0 Å². The number of fused-ring (bicyclic) bond motifs is 2. The number of allylic oxidation sites excluding steroid dienone is 2. The van der Waals surface area contributed by atoms with Crippen molar-refractivity contribution in [2.75, 3.05) is 13.1 Å². The van der Waals surface area contributed by atoms with Crippen molar-refractivity contribution in [2.45, 2.75) is 32.5 Å². The van der Waals surface area contributed by atoms with Crippen molar-refractivity contribution in [3.05, 3.63) is 12.2 Å². The van der Waals surface area contributed by atoms with Gasteiger partial charge < -0.3 is 15.1 Å². The number of nitrogens with zero attached hydrogens (tertiary/aromatic N) is 1. The molecule has 2 aliphatic rings. The number of carbonyl (C=O) groups excluding carboxylic acids is 1. The number of hydrogen-bond donors (Lipinski definition) is 2. The van der Waals surface area contributed by atoms with Gasteiger partial charge in [-0.15, -0.1) is 0 Å². The Labute approximate surface area is 102 Å². The van der Waals surface area contributed by atoms with Crippen molar-refractivity contribution in [3.63, 3.8) is 0 Å². The van der Waals surface area contributed by atoms with Crippen LogP contribution in [0.5, 0.6) is 0 Å². The van der Waals surface area contributed by atoms with E-state index in [4.69, 9.17) is 10.2 Å². The number of hydrogen-bond acceptors (Lipinski definition) is 3. The smallest absolute Gasteiger partial charge is 0.226 e. The van der Waals surface area contributed by atoms with E-state index in [-0.39, 0.29) is 18.2 Å². The van der Waals surface area contributed by atoms with Gasteiger partial charge in [0.05, 0.1) is 0 Å². The second-order valence-electron chi connectivity index (χ2n) is 5.07. The van der Waals surface area contributed by atoms with Crippen molar-refractivity contribution in [2.24, 2.45) is 17.8 Å². The van der Waals surface area contributed by atoms with Crippen LogP contribution in [-0.4, -0.2) is 40.4 Å². The third-order valence-electron chi connectivity index (χ3n) is 3.95. The van der Waals surface area contributed by atoms with E-state index in [0.29, 0.717) is 24.9 Å². The summed E-state index contributed by atoms with van der Waals surface area (Å²) in [4.78, 5) is 14.1. The molecule has 4 nitrogen and oxygen atoms in total. The fraction of sp³-hybridized carbons (Fsp3) is 0.769. The van der Waals surface area contributed by atoms with E-state index in [1.807, 2.05) is 6.92 Å². The fourth-order valence-electron chi connectivity index (χ4n) is 2.99. The third-order valence-corrected chi connectivity index (χ3v) is 3.95. The van der Waals surface area contributed by atoms with Crippen molar-refractivity contribution < 1.29 is 15.0 Å². The molecule has 2 bridgehead atoms. The third kappa shape index (κ3) is 2.69. The Kier molecular flexibility index (Phi) is 3.84. The van der Waals surface area contributed by atoms with Gasteiger partial charge in [-0.05, 0) is 31.6 Å². The van der Waals surface area contributed by atoms with E-state index in [1.165, 1.54) is 0 Å². The highest BCUT2D eigenvalue weighted by Gasteiger charge is 2.41.